The summed E-state index contributed by atoms with van der Waals surface area (Å²) in [5.41, 5.74) is 4.34. The summed E-state index contributed by atoms with van der Waals surface area (Å²) in [7, 11) is 0. The lowest BCUT2D eigenvalue weighted by Gasteiger charge is -2.35. The first kappa shape index (κ1) is 23.1. The maximum Gasteiger partial charge on any atom is 0.133 e. The van der Waals surface area contributed by atoms with Gasteiger partial charge in [0.15, 0.2) is 0 Å². The maximum absolute atomic E-state index is 10.8. The van der Waals surface area contributed by atoms with E-state index < -0.39 is 5.60 Å². The number of rotatable bonds is 3. The van der Waals surface area contributed by atoms with Crippen molar-refractivity contribution in [1.29, 1.82) is 0 Å². The fourth-order valence-electron chi connectivity index (χ4n) is 5.77. The van der Waals surface area contributed by atoms with Crippen molar-refractivity contribution >= 4 is 5.82 Å². The Morgan fingerprint density at radius 1 is 1.06 bits per heavy atom. The van der Waals surface area contributed by atoms with Crippen molar-refractivity contribution < 1.29 is 5.11 Å². The number of aromatic nitrogens is 1. The molecule has 0 bridgehead atoms. The largest absolute Gasteiger partial charge is 0.386 e. The molecule has 3 nitrogen and oxygen atoms in total. The molecule has 0 aromatic carbocycles. The highest BCUT2D eigenvalue weighted by Gasteiger charge is 2.43. The summed E-state index contributed by atoms with van der Waals surface area (Å²) in [5.74, 6) is 1.81. The molecule has 1 fully saturated rings. The minimum Gasteiger partial charge on any atom is -0.386 e. The first-order chi connectivity index (χ1) is 16.0. The summed E-state index contributed by atoms with van der Waals surface area (Å²) < 4.78 is 0. The normalized spacial score (nSPS) is 30.5. The van der Waals surface area contributed by atoms with E-state index in [0.29, 0.717) is 18.3 Å². The topological polar surface area (TPSA) is 36.4 Å². The molecule has 0 amide bonds. The van der Waals surface area contributed by atoms with Gasteiger partial charge >= 0.3 is 0 Å². The second-order valence-corrected chi connectivity index (χ2v) is 12.2. The van der Waals surface area contributed by atoms with Crippen LogP contribution in [0.4, 0.5) is 5.82 Å². The fraction of sp³-hybridized carbons (Fsp3) is 0.452. The van der Waals surface area contributed by atoms with Crippen LogP contribution < -0.4 is 4.90 Å². The SMILES string of the molecule is CC1(O)C=C2C(=CC1)C1C=CC=CC1N2c1cc(C(C)(C)C2=CCC(C(C)(C)C)C=C2)ccn1. The standard InChI is InChI=1S/C31H38N2O/c1-29(2,3)21-11-13-22(14-12-21)30(4,5)23-16-18-32-28(19-23)33-26-10-8-7-9-24(26)25-15-17-31(6,34)20-27(25)33/h7-11,13-16,18-21,24,26,34H,12,17H2,1-6H3. The highest BCUT2D eigenvalue weighted by atomic mass is 16.3. The minimum absolute atomic E-state index is 0.121. The minimum atomic E-state index is -0.837. The third-order valence-electron chi connectivity index (χ3n) is 8.15. The van der Waals surface area contributed by atoms with Gasteiger partial charge in [-0.15, -0.1) is 0 Å². The highest BCUT2D eigenvalue weighted by molar-refractivity contribution is 5.66. The molecule has 0 radical (unpaired) electrons. The molecule has 1 aromatic rings. The van der Waals surface area contributed by atoms with Gasteiger partial charge in [0, 0.05) is 23.2 Å². The van der Waals surface area contributed by atoms with E-state index in [1.54, 1.807) is 0 Å². The van der Waals surface area contributed by atoms with Crippen molar-refractivity contribution in [3.63, 3.8) is 0 Å². The van der Waals surface area contributed by atoms with E-state index in [0.717, 1.165) is 17.9 Å². The van der Waals surface area contributed by atoms with Crippen molar-refractivity contribution in [1.82, 2.24) is 4.98 Å². The van der Waals surface area contributed by atoms with Gasteiger partial charge in [0.05, 0.1) is 11.6 Å². The van der Waals surface area contributed by atoms with Crippen molar-refractivity contribution in [3.05, 3.63) is 95.4 Å². The van der Waals surface area contributed by atoms with Gasteiger partial charge in [0.1, 0.15) is 5.82 Å². The zero-order valence-corrected chi connectivity index (χ0v) is 21.4. The van der Waals surface area contributed by atoms with Crippen LogP contribution >= 0.6 is 0 Å². The lowest BCUT2D eigenvalue weighted by molar-refractivity contribution is 0.112. The first-order valence-electron chi connectivity index (χ1n) is 12.6. The molecule has 3 aliphatic carbocycles. The van der Waals surface area contributed by atoms with Crippen molar-refractivity contribution in [2.75, 3.05) is 4.90 Å². The molecule has 178 valence electrons. The molecule has 4 aliphatic rings. The zero-order chi connectivity index (χ0) is 24.3. The van der Waals surface area contributed by atoms with Crippen LogP contribution in [0.25, 0.3) is 0 Å². The van der Waals surface area contributed by atoms with Crippen LogP contribution in [0.2, 0.25) is 0 Å². The number of aliphatic hydroxyl groups is 1. The Balaban J connectivity index is 1.51. The average Bonchev–Trinajstić information content (AvgIpc) is 3.11. The zero-order valence-electron chi connectivity index (χ0n) is 21.4. The van der Waals surface area contributed by atoms with Crippen LogP contribution in [0.1, 0.15) is 59.9 Å². The van der Waals surface area contributed by atoms with Gasteiger partial charge in [-0.1, -0.05) is 83.2 Å². The van der Waals surface area contributed by atoms with E-state index in [4.69, 9.17) is 4.98 Å². The molecule has 3 heteroatoms. The summed E-state index contributed by atoms with van der Waals surface area (Å²) in [6.07, 6.45) is 23.9. The Kier molecular flexibility index (Phi) is 5.40. The number of anilines is 1. The summed E-state index contributed by atoms with van der Waals surface area (Å²) >= 11 is 0. The molecule has 1 aromatic heterocycles. The molecule has 1 saturated heterocycles. The first-order valence-corrected chi connectivity index (χ1v) is 12.6. The van der Waals surface area contributed by atoms with Crippen LogP contribution in [-0.4, -0.2) is 21.7 Å². The summed E-state index contributed by atoms with van der Waals surface area (Å²) in [4.78, 5) is 7.16. The number of hydrogen-bond acceptors (Lipinski definition) is 3. The molecule has 2 heterocycles. The Labute approximate surface area is 205 Å². The molecule has 4 atom stereocenters. The van der Waals surface area contributed by atoms with Gasteiger partial charge < -0.3 is 10.0 Å². The second kappa shape index (κ2) is 7.95. The Hall–Kier alpha value is -2.65. The molecule has 1 aliphatic heterocycles. The highest BCUT2D eigenvalue weighted by Crippen LogP contribution is 2.47. The summed E-state index contributed by atoms with van der Waals surface area (Å²) in [5, 5.41) is 10.8. The molecular weight excluding hydrogens is 416 g/mol. The van der Waals surface area contributed by atoms with E-state index >= 15 is 0 Å². The van der Waals surface area contributed by atoms with Crippen LogP contribution in [0.3, 0.4) is 0 Å². The van der Waals surface area contributed by atoms with Gasteiger partial charge in [-0.25, -0.2) is 4.98 Å². The summed E-state index contributed by atoms with van der Waals surface area (Å²) in [6, 6.07) is 4.59. The van der Waals surface area contributed by atoms with Gasteiger partial charge in [0.25, 0.3) is 0 Å². The van der Waals surface area contributed by atoms with E-state index in [1.165, 1.54) is 16.7 Å². The number of nitrogens with zero attached hydrogens (tertiary/aromatic N) is 2. The van der Waals surface area contributed by atoms with E-state index in [1.807, 2.05) is 19.2 Å². The lowest BCUT2D eigenvalue weighted by Crippen LogP contribution is -2.33. The number of pyridine rings is 1. The Morgan fingerprint density at radius 2 is 1.82 bits per heavy atom. The van der Waals surface area contributed by atoms with Crippen LogP contribution in [0.15, 0.2) is 89.9 Å². The van der Waals surface area contributed by atoms with Gasteiger partial charge in [-0.05, 0) is 66.0 Å². The second-order valence-electron chi connectivity index (χ2n) is 12.2. The molecule has 1 N–H and O–H groups in total. The van der Waals surface area contributed by atoms with Gasteiger partial charge in [-0.3, -0.25) is 0 Å². The molecular formula is C31H38N2O. The van der Waals surface area contributed by atoms with E-state index in [-0.39, 0.29) is 16.9 Å². The molecule has 34 heavy (non-hydrogen) atoms. The van der Waals surface area contributed by atoms with Crippen LogP contribution in [0, 0.1) is 17.3 Å². The molecule has 4 unspecified atom stereocenters. The molecule has 0 saturated carbocycles. The smallest absolute Gasteiger partial charge is 0.133 e. The van der Waals surface area contributed by atoms with Gasteiger partial charge in [-0.2, -0.15) is 0 Å². The lowest BCUT2D eigenvalue weighted by atomic mass is 9.71. The van der Waals surface area contributed by atoms with E-state index in [9.17, 15) is 5.11 Å². The van der Waals surface area contributed by atoms with Crippen molar-refractivity contribution in [3.8, 4) is 0 Å². The average molecular weight is 455 g/mol. The third kappa shape index (κ3) is 3.94. The maximum atomic E-state index is 10.8. The monoisotopic (exact) mass is 454 g/mol. The van der Waals surface area contributed by atoms with Crippen LogP contribution in [0.5, 0.6) is 0 Å². The number of fused-ring (bicyclic) bond motifs is 3. The predicted octanol–water partition coefficient (Wildman–Crippen LogP) is 6.80. The molecule has 0 spiro atoms. The van der Waals surface area contributed by atoms with Gasteiger partial charge in [0.2, 0.25) is 0 Å². The van der Waals surface area contributed by atoms with Crippen LogP contribution in [-0.2, 0) is 5.41 Å². The summed E-state index contributed by atoms with van der Waals surface area (Å²) in [6.45, 7) is 13.5. The van der Waals surface area contributed by atoms with Crippen molar-refractivity contribution in [2.45, 2.75) is 71.4 Å². The number of hydrogen-bond donors (Lipinski definition) is 1. The molecule has 5 rings (SSSR count). The Bertz CT molecular complexity index is 1170. The van der Waals surface area contributed by atoms with Crippen molar-refractivity contribution in [2.24, 2.45) is 17.3 Å². The van der Waals surface area contributed by atoms with E-state index in [2.05, 4.69) is 100 Å². The Morgan fingerprint density at radius 3 is 2.53 bits per heavy atom. The fourth-order valence-corrected chi connectivity index (χ4v) is 5.77. The quantitative estimate of drug-likeness (QED) is 0.545. The number of allylic oxidation sites excluding steroid dienone is 7. The predicted molar refractivity (Wildman–Crippen MR) is 141 cm³/mol. The third-order valence-corrected chi connectivity index (χ3v) is 8.15.